The van der Waals surface area contributed by atoms with Gasteiger partial charge in [0.2, 0.25) is 0 Å². The van der Waals surface area contributed by atoms with Gasteiger partial charge in [0, 0.05) is 51.2 Å². The fourth-order valence-corrected chi connectivity index (χ4v) is 5.37. The molecule has 4 aromatic carbocycles. The Kier molecular flexibility index (Phi) is 16.7. The first-order valence-corrected chi connectivity index (χ1v) is 19.8. The van der Waals surface area contributed by atoms with Gasteiger partial charge in [-0.25, -0.2) is 8.78 Å². The lowest BCUT2D eigenvalue weighted by Gasteiger charge is -2.12. The molecule has 5 nitrogen and oxygen atoms in total. The molecule has 0 saturated heterocycles. The van der Waals surface area contributed by atoms with Gasteiger partial charge in [0.25, 0.3) is 0 Å². The summed E-state index contributed by atoms with van der Waals surface area (Å²) in [7, 11) is 0. The van der Waals surface area contributed by atoms with Crippen molar-refractivity contribution in [3.05, 3.63) is 121 Å². The highest BCUT2D eigenvalue weighted by Gasteiger charge is 2.19. The standard InChI is InChI=1S/C18H16FNO.C17H16FN.C2H4O.C2H2.Cl3OP/c1-12(2)20-16-6-4-3-5-15(16)18(17(20)11-21)13-7-9-14(19)10-8-13;1-12(2)19-11-16(13-7-9-14(18)10-8-13)15-5-3-4-6-17(15)19;1-2-3;1-2;1-5(2,3)4/h3-12H,1-2H3;3-12H,1-2H3;2H,1H3;1-2H;. The molecule has 6 aromatic rings. The molecule has 0 aliphatic heterocycles. The minimum absolute atomic E-state index is 0.171. The molecule has 0 aliphatic rings. The van der Waals surface area contributed by atoms with E-state index >= 15 is 0 Å². The zero-order valence-electron chi connectivity index (χ0n) is 28.2. The zero-order chi connectivity index (χ0) is 37.6. The summed E-state index contributed by atoms with van der Waals surface area (Å²) in [4.78, 5) is 20.5. The second-order valence-electron chi connectivity index (χ2n) is 11.1. The van der Waals surface area contributed by atoms with E-state index in [4.69, 9.17) is 4.79 Å². The molecule has 0 saturated carbocycles. The van der Waals surface area contributed by atoms with Crippen LogP contribution in [-0.4, -0.2) is 21.7 Å². The summed E-state index contributed by atoms with van der Waals surface area (Å²) in [5, 5.41) is -0.997. The summed E-state index contributed by atoms with van der Waals surface area (Å²) >= 11 is 13.8. The van der Waals surface area contributed by atoms with Gasteiger partial charge < -0.3 is 13.9 Å². The number of para-hydroxylation sites is 2. The van der Waals surface area contributed by atoms with Crippen LogP contribution in [0.4, 0.5) is 8.78 Å². The van der Waals surface area contributed by atoms with Crippen molar-refractivity contribution in [2.45, 2.75) is 46.7 Å². The van der Waals surface area contributed by atoms with Gasteiger partial charge in [0.15, 0.2) is 6.29 Å². The van der Waals surface area contributed by atoms with E-state index < -0.39 is 5.20 Å². The first kappa shape index (κ1) is 42.0. The number of hydrogen-bond acceptors (Lipinski definition) is 3. The smallest absolute Gasteiger partial charge is 0.339 e. The van der Waals surface area contributed by atoms with Crippen LogP contribution in [0.2, 0.25) is 0 Å². The number of terminal acetylenes is 1. The average Bonchev–Trinajstić information content (AvgIpc) is 3.63. The lowest BCUT2D eigenvalue weighted by molar-refractivity contribution is -0.106. The predicted molar refractivity (Wildman–Crippen MR) is 208 cm³/mol. The van der Waals surface area contributed by atoms with Crippen molar-refractivity contribution in [2.75, 3.05) is 0 Å². The maximum absolute atomic E-state index is 13.2. The molecule has 0 amide bonds. The van der Waals surface area contributed by atoms with E-state index in [-0.39, 0.29) is 17.7 Å². The number of fused-ring (bicyclic) bond motifs is 2. The summed E-state index contributed by atoms with van der Waals surface area (Å²) in [5.74, 6) is -0.477. The highest BCUT2D eigenvalue weighted by atomic mass is 36.0. The SMILES string of the molecule is C#C.CC(C)n1c(C=O)c(-c2ccc(F)cc2)c2ccccc21.CC(C)n1cc(-c2ccc(F)cc2)c2ccccc21.CC=O.O=P(Cl)(Cl)Cl. The number of nitrogens with zero attached hydrogens (tertiary/aromatic N) is 2. The summed E-state index contributed by atoms with van der Waals surface area (Å²) in [6.07, 6.45) is 11.8. The van der Waals surface area contributed by atoms with Crippen molar-refractivity contribution in [2.24, 2.45) is 0 Å². The van der Waals surface area contributed by atoms with E-state index in [2.05, 4.69) is 89.4 Å². The van der Waals surface area contributed by atoms with Crippen molar-refractivity contribution in [3.8, 4) is 35.1 Å². The molecule has 0 N–H and O–H groups in total. The number of halogens is 5. The van der Waals surface area contributed by atoms with E-state index in [1.54, 1.807) is 12.1 Å². The molecule has 11 heteroatoms. The van der Waals surface area contributed by atoms with Gasteiger partial charge >= 0.3 is 5.20 Å². The second kappa shape index (κ2) is 19.9. The van der Waals surface area contributed by atoms with Crippen LogP contribution in [0, 0.1) is 24.5 Å². The Bertz CT molecular complexity index is 2060. The first-order valence-electron chi connectivity index (χ1n) is 15.3. The van der Waals surface area contributed by atoms with Gasteiger partial charge in [0.05, 0.1) is 5.69 Å². The number of carbonyl (C=O) groups is 2. The molecule has 2 aromatic heterocycles. The summed E-state index contributed by atoms with van der Waals surface area (Å²) in [6, 6.07) is 29.8. The van der Waals surface area contributed by atoms with Crippen LogP contribution >= 0.6 is 38.9 Å². The van der Waals surface area contributed by atoms with Gasteiger partial charge in [-0.15, -0.1) is 12.8 Å². The normalized spacial score (nSPS) is 10.5. The minimum atomic E-state index is -3.22. The van der Waals surface area contributed by atoms with Crippen molar-refractivity contribution < 1.29 is 22.9 Å². The molecule has 6 rings (SSSR count). The van der Waals surface area contributed by atoms with E-state index in [1.807, 2.05) is 60.9 Å². The van der Waals surface area contributed by atoms with Crippen LogP contribution in [0.25, 0.3) is 44.1 Å². The summed E-state index contributed by atoms with van der Waals surface area (Å²) in [5.41, 5.74) is 6.81. The molecule has 0 fully saturated rings. The van der Waals surface area contributed by atoms with Gasteiger partial charge in [-0.2, -0.15) is 0 Å². The minimum Gasteiger partial charge on any atom is -0.344 e. The van der Waals surface area contributed by atoms with Crippen molar-refractivity contribution in [3.63, 3.8) is 0 Å². The lowest BCUT2D eigenvalue weighted by atomic mass is 10.0. The second-order valence-corrected chi connectivity index (χ2v) is 17.7. The molecule has 0 bridgehead atoms. The third-order valence-corrected chi connectivity index (χ3v) is 7.16. The van der Waals surface area contributed by atoms with Gasteiger partial charge in [-0.3, -0.25) is 9.36 Å². The predicted octanol–water partition coefficient (Wildman–Crippen LogP) is 13.1. The molecule has 0 spiro atoms. The largest absolute Gasteiger partial charge is 0.344 e. The third-order valence-electron chi connectivity index (χ3n) is 7.16. The number of aldehydes is 2. The molecule has 0 atom stereocenters. The van der Waals surface area contributed by atoms with Gasteiger partial charge in [-0.05, 0) is 116 Å². The molecule has 0 radical (unpaired) electrons. The summed E-state index contributed by atoms with van der Waals surface area (Å²) in [6.45, 7) is 9.88. The molecule has 0 unspecified atom stereocenters. The van der Waals surface area contributed by atoms with Crippen LogP contribution in [0.5, 0.6) is 0 Å². The van der Waals surface area contributed by atoms with E-state index in [1.165, 1.54) is 42.1 Å². The van der Waals surface area contributed by atoms with Crippen molar-refractivity contribution in [1.29, 1.82) is 0 Å². The lowest BCUT2D eigenvalue weighted by Crippen LogP contribution is -2.05. The van der Waals surface area contributed by atoms with Crippen molar-refractivity contribution in [1.82, 2.24) is 9.13 Å². The van der Waals surface area contributed by atoms with Crippen LogP contribution in [0.15, 0.2) is 103 Å². The summed E-state index contributed by atoms with van der Waals surface area (Å²) < 4.78 is 40.0. The number of benzene rings is 4. The van der Waals surface area contributed by atoms with E-state index in [9.17, 15) is 18.1 Å². The number of hydrogen-bond donors (Lipinski definition) is 0. The Morgan fingerprint density at radius 1 is 0.680 bits per heavy atom. The Morgan fingerprint density at radius 3 is 1.54 bits per heavy atom. The maximum Gasteiger partial charge on any atom is 0.339 e. The fraction of sp³-hybridized carbons (Fsp3) is 0.179. The first-order chi connectivity index (χ1) is 23.7. The number of rotatable bonds is 5. The topological polar surface area (TPSA) is 61.1 Å². The molecular weight excluding hydrogens is 720 g/mol. The number of carbonyl (C=O) groups excluding carboxylic acids is 2. The molecule has 50 heavy (non-hydrogen) atoms. The third kappa shape index (κ3) is 11.4. The maximum atomic E-state index is 13.2. The zero-order valence-corrected chi connectivity index (χ0v) is 31.4. The van der Waals surface area contributed by atoms with Crippen LogP contribution < -0.4 is 0 Å². The highest BCUT2D eigenvalue weighted by Crippen LogP contribution is 2.61. The molecule has 0 aliphatic carbocycles. The van der Waals surface area contributed by atoms with E-state index in [0.29, 0.717) is 11.7 Å². The Morgan fingerprint density at radius 2 is 1.10 bits per heavy atom. The Labute approximate surface area is 306 Å². The Balaban J connectivity index is 0.000000276. The van der Waals surface area contributed by atoms with E-state index in [0.717, 1.165) is 45.7 Å². The number of aromatic nitrogens is 2. The quantitative estimate of drug-likeness (QED) is 0.0999. The monoisotopic (exact) mass is 756 g/mol. The Hall–Kier alpha value is -4.18. The van der Waals surface area contributed by atoms with Crippen LogP contribution in [0.3, 0.4) is 0 Å². The van der Waals surface area contributed by atoms with Crippen LogP contribution in [-0.2, 0) is 9.36 Å². The molecular formula is C39H38Cl3F2N2O3P. The highest BCUT2D eigenvalue weighted by molar-refractivity contribution is 8.24. The van der Waals surface area contributed by atoms with Gasteiger partial charge in [-0.1, -0.05) is 60.7 Å². The van der Waals surface area contributed by atoms with Crippen LogP contribution in [0.1, 0.15) is 57.2 Å². The van der Waals surface area contributed by atoms with Gasteiger partial charge in [0.1, 0.15) is 17.9 Å². The van der Waals surface area contributed by atoms with Crippen molar-refractivity contribution >= 4 is 73.3 Å². The fourth-order valence-electron chi connectivity index (χ4n) is 5.37. The average molecular weight is 758 g/mol. The molecule has 262 valence electrons. The molecule has 2 heterocycles.